The van der Waals surface area contributed by atoms with Crippen molar-refractivity contribution in [2.24, 2.45) is 0 Å². The van der Waals surface area contributed by atoms with E-state index in [1.165, 1.54) is 11.3 Å². The monoisotopic (exact) mass is 361 g/mol. The second kappa shape index (κ2) is 6.88. The lowest BCUT2D eigenvalue weighted by atomic mass is 10.2. The molecule has 24 heavy (non-hydrogen) atoms. The highest BCUT2D eigenvalue weighted by Crippen LogP contribution is 2.18. The van der Waals surface area contributed by atoms with Crippen molar-refractivity contribution in [2.45, 2.75) is 31.1 Å². The summed E-state index contributed by atoms with van der Waals surface area (Å²) in [6.45, 7) is 4.79. The molecule has 0 unspecified atom stereocenters. The van der Waals surface area contributed by atoms with Crippen LogP contribution in [0.25, 0.3) is 0 Å². The molecule has 1 N–H and O–H groups in total. The summed E-state index contributed by atoms with van der Waals surface area (Å²) in [4.78, 5) is 0. The quantitative estimate of drug-likeness (QED) is 0.734. The first-order valence-corrected chi connectivity index (χ1v) is 9.93. The van der Waals surface area contributed by atoms with Gasteiger partial charge in [0, 0.05) is 17.8 Å². The molecule has 0 radical (unpaired) electrons. The molecule has 2 aromatic heterocycles. The van der Waals surface area contributed by atoms with Crippen LogP contribution in [-0.4, -0.2) is 18.2 Å². The van der Waals surface area contributed by atoms with Gasteiger partial charge >= 0.3 is 0 Å². The van der Waals surface area contributed by atoms with E-state index in [0.29, 0.717) is 10.8 Å². The molecule has 0 saturated heterocycles. The van der Waals surface area contributed by atoms with Gasteiger partial charge in [-0.1, -0.05) is 36.4 Å². The molecule has 0 atom stereocenters. The Balaban J connectivity index is 1.77. The Morgan fingerprint density at radius 3 is 2.54 bits per heavy atom. The minimum Gasteiger partial charge on any atom is -0.265 e. The van der Waals surface area contributed by atoms with E-state index >= 15 is 0 Å². The average Bonchev–Trinajstić information content (AvgIpc) is 3.18. The minimum atomic E-state index is -3.47. The zero-order valence-corrected chi connectivity index (χ0v) is 15.2. The summed E-state index contributed by atoms with van der Waals surface area (Å²) in [5, 5.41) is 6.31. The predicted octanol–water partition coefficient (Wildman–Crippen LogP) is 3.09. The van der Waals surface area contributed by atoms with Gasteiger partial charge in [0.2, 0.25) is 10.0 Å². The Morgan fingerprint density at radius 1 is 1.12 bits per heavy atom. The maximum absolute atomic E-state index is 12.3. The van der Waals surface area contributed by atoms with Crippen molar-refractivity contribution < 1.29 is 8.42 Å². The van der Waals surface area contributed by atoms with Gasteiger partial charge in [-0.3, -0.25) is 4.68 Å². The second-order valence-corrected chi connectivity index (χ2v) is 8.49. The number of rotatable bonds is 6. The molecule has 126 valence electrons. The largest absolute Gasteiger partial charge is 0.265 e. The summed E-state index contributed by atoms with van der Waals surface area (Å²) in [6.07, 6.45) is 0. The van der Waals surface area contributed by atoms with Gasteiger partial charge in [0.05, 0.1) is 12.2 Å². The normalized spacial score (nSPS) is 11.8. The molecule has 1 aromatic carbocycles. The zero-order valence-electron chi connectivity index (χ0n) is 13.6. The lowest BCUT2D eigenvalue weighted by molar-refractivity contribution is 0.583. The third-order valence-corrected chi connectivity index (χ3v) is 6.70. The van der Waals surface area contributed by atoms with Crippen LogP contribution >= 0.6 is 11.3 Å². The molecule has 0 bridgehead atoms. The number of thiophene rings is 1. The second-order valence-electron chi connectivity index (χ2n) is 5.55. The van der Waals surface area contributed by atoms with Gasteiger partial charge in [-0.2, -0.15) is 5.10 Å². The summed E-state index contributed by atoms with van der Waals surface area (Å²) in [7, 11) is -3.47. The van der Waals surface area contributed by atoms with E-state index in [1.807, 2.05) is 36.7 Å². The number of nitrogens with one attached hydrogen (secondary N) is 1. The highest BCUT2D eigenvalue weighted by molar-refractivity contribution is 7.91. The molecule has 0 spiro atoms. The van der Waals surface area contributed by atoms with E-state index in [-0.39, 0.29) is 6.54 Å². The van der Waals surface area contributed by atoms with Crippen molar-refractivity contribution in [3.05, 3.63) is 70.4 Å². The van der Waals surface area contributed by atoms with E-state index in [0.717, 1.165) is 22.5 Å². The average molecular weight is 361 g/mol. The van der Waals surface area contributed by atoms with E-state index in [1.54, 1.807) is 17.5 Å². The van der Waals surface area contributed by atoms with Crippen molar-refractivity contribution in [2.75, 3.05) is 0 Å². The van der Waals surface area contributed by atoms with Gasteiger partial charge in [0.15, 0.2) is 0 Å². The van der Waals surface area contributed by atoms with Gasteiger partial charge in [0.25, 0.3) is 0 Å². The van der Waals surface area contributed by atoms with Crippen molar-refractivity contribution in [3.8, 4) is 0 Å². The first-order chi connectivity index (χ1) is 11.5. The lowest BCUT2D eigenvalue weighted by Crippen LogP contribution is -2.23. The van der Waals surface area contributed by atoms with Crippen molar-refractivity contribution in [1.82, 2.24) is 14.5 Å². The van der Waals surface area contributed by atoms with Crippen LogP contribution in [-0.2, 0) is 23.1 Å². The fraction of sp³-hybridized carbons (Fsp3) is 0.235. The first-order valence-electron chi connectivity index (χ1n) is 7.57. The van der Waals surface area contributed by atoms with Crippen molar-refractivity contribution in [1.29, 1.82) is 0 Å². The number of nitrogens with zero attached hydrogens (tertiary/aromatic N) is 2. The number of aryl methyl sites for hydroxylation is 1. The van der Waals surface area contributed by atoms with Gasteiger partial charge in [0.1, 0.15) is 4.21 Å². The Labute approximate surface area is 146 Å². The van der Waals surface area contributed by atoms with Crippen LogP contribution in [0.1, 0.15) is 22.5 Å². The minimum absolute atomic E-state index is 0.243. The summed E-state index contributed by atoms with van der Waals surface area (Å²) in [6, 6.07) is 13.4. The van der Waals surface area contributed by atoms with Crippen LogP contribution < -0.4 is 4.72 Å². The standard InChI is InChI=1S/C17H19N3O2S2/c1-13-16(11-18-24(21,22)17-9-6-10-23-17)14(2)20(19-13)12-15-7-4-3-5-8-15/h3-10,18H,11-12H2,1-2H3. The fourth-order valence-electron chi connectivity index (χ4n) is 2.55. The van der Waals surface area contributed by atoms with Crippen LogP contribution in [0, 0.1) is 13.8 Å². The highest BCUT2D eigenvalue weighted by atomic mass is 32.2. The topological polar surface area (TPSA) is 64.0 Å². The molecular weight excluding hydrogens is 342 g/mol. The molecule has 0 aliphatic rings. The molecular formula is C17H19N3O2S2. The van der Waals surface area contributed by atoms with E-state index in [2.05, 4.69) is 22.0 Å². The number of sulfonamides is 1. The number of hydrogen-bond donors (Lipinski definition) is 1. The Morgan fingerprint density at radius 2 is 1.88 bits per heavy atom. The third-order valence-electron chi connectivity index (χ3n) is 3.91. The van der Waals surface area contributed by atoms with Crippen molar-refractivity contribution >= 4 is 21.4 Å². The summed E-state index contributed by atoms with van der Waals surface area (Å²) in [5.41, 5.74) is 3.91. The van der Waals surface area contributed by atoms with E-state index in [9.17, 15) is 8.42 Å². The lowest BCUT2D eigenvalue weighted by Gasteiger charge is -2.07. The van der Waals surface area contributed by atoms with Gasteiger partial charge in [-0.25, -0.2) is 13.1 Å². The molecule has 0 amide bonds. The van der Waals surface area contributed by atoms with Crippen LogP contribution in [0.4, 0.5) is 0 Å². The SMILES string of the molecule is Cc1nn(Cc2ccccc2)c(C)c1CNS(=O)(=O)c1cccs1. The van der Waals surface area contributed by atoms with Crippen LogP contribution in [0.15, 0.2) is 52.1 Å². The van der Waals surface area contributed by atoms with Gasteiger partial charge in [-0.15, -0.1) is 11.3 Å². The molecule has 0 aliphatic carbocycles. The Kier molecular flexibility index (Phi) is 4.84. The van der Waals surface area contributed by atoms with Gasteiger partial charge in [-0.05, 0) is 30.9 Å². The van der Waals surface area contributed by atoms with Crippen LogP contribution in [0.5, 0.6) is 0 Å². The molecule has 5 nitrogen and oxygen atoms in total. The Bertz CT molecular complexity index is 914. The smallest absolute Gasteiger partial charge is 0.250 e. The number of hydrogen-bond acceptors (Lipinski definition) is 4. The Hall–Kier alpha value is -1.96. The van der Waals surface area contributed by atoms with Crippen molar-refractivity contribution in [3.63, 3.8) is 0 Å². The number of benzene rings is 1. The predicted molar refractivity (Wildman–Crippen MR) is 95.6 cm³/mol. The van der Waals surface area contributed by atoms with E-state index in [4.69, 9.17) is 0 Å². The molecule has 7 heteroatoms. The maximum atomic E-state index is 12.3. The van der Waals surface area contributed by atoms with E-state index < -0.39 is 10.0 Å². The molecule has 0 saturated carbocycles. The summed E-state index contributed by atoms with van der Waals surface area (Å²) < 4.78 is 29.4. The van der Waals surface area contributed by atoms with Crippen LogP contribution in [0.3, 0.4) is 0 Å². The zero-order chi connectivity index (χ0) is 17.2. The third kappa shape index (κ3) is 3.58. The summed E-state index contributed by atoms with van der Waals surface area (Å²) >= 11 is 1.21. The molecule has 3 aromatic rings. The van der Waals surface area contributed by atoms with Crippen LogP contribution in [0.2, 0.25) is 0 Å². The highest BCUT2D eigenvalue weighted by Gasteiger charge is 2.18. The van der Waals surface area contributed by atoms with Gasteiger partial charge < -0.3 is 0 Å². The maximum Gasteiger partial charge on any atom is 0.250 e. The molecule has 0 aliphatic heterocycles. The molecule has 3 rings (SSSR count). The fourth-order valence-corrected chi connectivity index (χ4v) is 4.59. The first kappa shape index (κ1) is 16.9. The molecule has 0 fully saturated rings. The number of aromatic nitrogens is 2. The summed E-state index contributed by atoms with van der Waals surface area (Å²) in [5.74, 6) is 0. The molecule has 2 heterocycles.